The van der Waals surface area contributed by atoms with E-state index in [4.69, 9.17) is 11.6 Å². The van der Waals surface area contributed by atoms with Crippen molar-refractivity contribution in [3.63, 3.8) is 0 Å². The summed E-state index contributed by atoms with van der Waals surface area (Å²) in [4.78, 5) is 0. The lowest BCUT2D eigenvalue weighted by Crippen LogP contribution is -2.23. The number of rotatable bonds is 4. The molecule has 0 heterocycles. The van der Waals surface area contributed by atoms with Gasteiger partial charge in [-0.1, -0.05) is 36.9 Å². The Hall–Kier alpha value is -0.530. The van der Waals surface area contributed by atoms with E-state index in [0.717, 1.165) is 10.9 Å². The summed E-state index contributed by atoms with van der Waals surface area (Å²) >= 11 is 5.99. The summed E-state index contributed by atoms with van der Waals surface area (Å²) < 4.78 is 0. The maximum Gasteiger partial charge on any atom is 0.0408 e. The lowest BCUT2D eigenvalue weighted by molar-refractivity contribution is 0.265. The van der Waals surface area contributed by atoms with Crippen LogP contribution >= 0.6 is 11.6 Å². The van der Waals surface area contributed by atoms with E-state index in [9.17, 15) is 0 Å². The van der Waals surface area contributed by atoms with Crippen molar-refractivity contribution in [2.45, 2.75) is 38.6 Å². The van der Waals surface area contributed by atoms with Crippen molar-refractivity contribution in [3.05, 3.63) is 34.3 Å². The molecule has 2 heteroatoms. The second-order valence-corrected chi connectivity index (χ2v) is 5.31. The van der Waals surface area contributed by atoms with Crippen LogP contribution < -0.4 is 5.32 Å². The van der Waals surface area contributed by atoms with Gasteiger partial charge < -0.3 is 5.32 Å². The molecule has 1 fully saturated rings. The van der Waals surface area contributed by atoms with Gasteiger partial charge in [0.2, 0.25) is 0 Å². The number of hydrogen-bond acceptors (Lipinski definition) is 1. The SMILES string of the molecule is CNC(CC1CCC1)c1ccc(Cl)cc1C. The molecule has 0 bridgehead atoms. The first kappa shape index (κ1) is 11.9. The molecular formula is C14H20ClN. The van der Waals surface area contributed by atoms with E-state index in [1.54, 1.807) is 0 Å². The number of aryl methyl sites for hydroxylation is 1. The summed E-state index contributed by atoms with van der Waals surface area (Å²) in [6.07, 6.45) is 5.50. The fourth-order valence-corrected chi connectivity index (χ4v) is 2.72. The third-order valence-corrected chi connectivity index (χ3v) is 3.98. The van der Waals surface area contributed by atoms with Crippen LogP contribution in [-0.4, -0.2) is 7.05 Å². The van der Waals surface area contributed by atoms with E-state index in [0.29, 0.717) is 6.04 Å². The predicted octanol–water partition coefficient (Wildman–Crippen LogP) is 4.10. The zero-order valence-corrected chi connectivity index (χ0v) is 10.8. The van der Waals surface area contributed by atoms with Crippen molar-refractivity contribution < 1.29 is 0 Å². The third kappa shape index (κ3) is 2.58. The molecule has 1 atom stereocenters. The van der Waals surface area contributed by atoms with Crippen LogP contribution in [0.1, 0.15) is 42.9 Å². The van der Waals surface area contributed by atoms with Crippen LogP contribution in [0.15, 0.2) is 18.2 Å². The molecule has 0 aromatic heterocycles. The molecule has 0 saturated heterocycles. The Kier molecular flexibility index (Phi) is 3.88. The van der Waals surface area contributed by atoms with Gasteiger partial charge >= 0.3 is 0 Å². The molecule has 1 N–H and O–H groups in total. The first-order chi connectivity index (χ1) is 7.70. The largest absolute Gasteiger partial charge is 0.313 e. The molecular weight excluding hydrogens is 218 g/mol. The molecule has 1 aliphatic rings. The van der Waals surface area contributed by atoms with Crippen LogP contribution in [0.25, 0.3) is 0 Å². The standard InChI is InChI=1S/C14H20ClN/c1-10-8-12(15)6-7-13(10)14(16-2)9-11-4-3-5-11/h6-8,11,14,16H,3-5,9H2,1-2H3. The van der Waals surface area contributed by atoms with Gasteiger partial charge in [0.1, 0.15) is 0 Å². The second-order valence-electron chi connectivity index (χ2n) is 4.87. The number of benzene rings is 1. The Morgan fingerprint density at radius 3 is 2.69 bits per heavy atom. The smallest absolute Gasteiger partial charge is 0.0408 e. The summed E-state index contributed by atoms with van der Waals surface area (Å²) in [6.45, 7) is 2.15. The molecule has 2 rings (SSSR count). The molecule has 1 aromatic carbocycles. The maximum absolute atomic E-state index is 5.99. The summed E-state index contributed by atoms with van der Waals surface area (Å²) in [5.41, 5.74) is 2.70. The first-order valence-electron chi connectivity index (χ1n) is 6.14. The maximum atomic E-state index is 5.99. The van der Waals surface area contributed by atoms with Gasteiger partial charge in [-0.05, 0) is 49.6 Å². The molecule has 16 heavy (non-hydrogen) atoms. The molecule has 1 nitrogen and oxygen atoms in total. The van der Waals surface area contributed by atoms with Gasteiger partial charge in [-0.3, -0.25) is 0 Å². The molecule has 0 amide bonds. The summed E-state index contributed by atoms with van der Waals surface area (Å²) in [6, 6.07) is 6.71. The van der Waals surface area contributed by atoms with Crippen molar-refractivity contribution >= 4 is 11.6 Å². The average molecular weight is 238 g/mol. The second kappa shape index (κ2) is 5.20. The van der Waals surface area contributed by atoms with Crippen molar-refractivity contribution in [1.82, 2.24) is 5.32 Å². The normalized spacial score (nSPS) is 18.2. The molecule has 0 aliphatic heterocycles. The highest BCUT2D eigenvalue weighted by atomic mass is 35.5. The van der Waals surface area contributed by atoms with Gasteiger partial charge in [0.05, 0.1) is 0 Å². The molecule has 1 aliphatic carbocycles. The molecule has 0 spiro atoms. The van der Waals surface area contributed by atoms with Gasteiger partial charge in [0, 0.05) is 11.1 Å². The Labute approximate surface area is 103 Å². The Bertz CT molecular complexity index is 358. The fraction of sp³-hybridized carbons (Fsp3) is 0.571. The highest BCUT2D eigenvalue weighted by Gasteiger charge is 2.22. The Morgan fingerprint density at radius 1 is 1.44 bits per heavy atom. The molecule has 1 aromatic rings. The minimum absolute atomic E-state index is 0.488. The van der Waals surface area contributed by atoms with Gasteiger partial charge in [-0.25, -0.2) is 0 Å². The average Bonchev–Trinajstić information content (AvgIpc) is 2.18. The monoisotopic (exact) mass is 237 g/mol. The minimum Gasteiger partial charge on any atom is -0.313 e. The topological polar surface area (TPSA) is 12.0 Å². The van der Waals surface area contributed by atoms with E-state index in [-0.39, 0.29) is 0 Å². The lowest BCUT2D eigenvalue weighted by atomic mass is 9.79. The number of nitrogens with one attached hydrogen (secondary N) is 1. The Morgan fingerprint density at radius 2 is 2.19 bits per heavy atom. The summed E-state index contributed by atoms with van der Waals surface area (Å²) in [5, 5.41) is 4.27. The van der Waals surface area contributed by atoms with Gasteiger partial charge in [-0.15, -0.1) is 0 Å². The fourth-order valence-electron chi connectivity index (χ4n) is 2.49. The van der Waals surface area contributed by atoms with Crippen molar-refractivity contribution in [1.29, 1.82) is 0 Å². The van der Waals surface area contributed by atoms with E-state index >= 15 is 0 Å². The zero-order chi connectivity index (χ0) is 11.5. The third-order valence-electron chi connectivity index (χ3n) is 3.75. The molecule has 0 radical (unpaired) electrons. The van der Waals surface area contributed by atoms with Crippen molar-refractivity contribution in [2.75, 3.05) is 7.05 Å². The van der Waals surface area contributed by atoms with Gasteiger partial charge in [-0.2, -0.15) is 0 Å². The lowest BCUT2D eigenvalue weighted by Gasteiger charge is -2.30. The molecule has 1 saturated carbocycles. The number of halogens is 1. The summed E-state index contributed by atoms with van der Waals surface area (Å²) in [7, 11) is 2.05. The van der Waals surface area contributed by atoms with Gasteiger partial charge in [0.15, 0.2) is 0 Å². The van der Waals surface area contributed by atoms with Crippen LogP contribution in [-0.2, 0) is 0 Å². The summed E-state index contributed by atoms with van der Waals surface area (Å²) in [5.74, 6) is 0.924. The minimum atomic E-state index is 0.488. The van der Waals surface area contributed by atoms with Crippen molar-refractivity contribution in [3.8, 4) is 0 Å². The van der Waals surface area contributed by atoms with Gasteiger partial charge in [0.25, 0.3) is 0 Å². The van der Waals surface area contributed by atoms with Crippen LogP contribution in [0, 0.1) is 12.8 Å². The Balaban J connectivity index is 2.11. The van der Waals surface area contributed by atoms with E-state index in [1.165, 1.54) is 36.8 Å². The van der Waals surface area contributed by atoms with E-state index < -0.39 is 0 Å². The highest BCUT2D eigenvalue weighted by molar-refractivity contribution is 6.30. The van der Waals surface area contributed by atoms with Crippen LogP contribution in [0.5, 0.6) is 0 Å². The van der Waals surface area contributed by atoms with Crippen LogP contribution in [0.4, 0.5) is 0 Å². The number of hydrogen-bond donors (Lipinski definition) is 1. The first-order valence-corrected chi connectivity index (χ1v) is 6.52. The molecule has 1 unspecified atom stereocenters. The quantitative estimate of drug-likeness (QED) is 0.832. The zero-order valence-electron chi connectivity index (χ0n) is 10.1. The molecule has 88 valence electrons. The predicted molar refractivity (Wildman–Crippen MR) is 69.9 cm³/mol. The van der Waals surface area contributed by atoms with E-state index in [1.807, 2.05) is 6.07 Å². The van der Waals surface area contributed by atoms with Crippen molar-refractivity contribution in [2.24, 2.45) is 5.92 Å². The van der Waals surface area contributed by atoms with Crippen LogP contribution in [0.3, 0.4) is 0 Å². The highest BCUT2D eigenvalue weighted by Crippen LogP contribution is 2.35. The van der Waals surface area contributed by atoms with Crippen LogP contribution in [0.2, 0.25) is 5.02 Å². The van der Waals surface area contributed by atoms with E-state index in [2.05, 4.69) is 31.4 Å².